The van der Waals surface area contributed by atoms with Crippen molar-refractivity contribution in [3.8, 4) is 0 Å². The van der Waals surface area contributed by atoms with Crippen LogP contribution in [0.25, 0.3) is 0 Å². The lowest BCUT2D eigenvalue weighted by atomic mass is 9.99. The van der Waals surface area contributed by atoms with Crippen molar-refractivity contribution >= 4 is 23.0 Å². The third-order valence-corrected chi connectivity index (χ3v) is 4.17. The summed E-state index contributed by atoms with van der Waals surface area (Å²) < 4.78 is 5.60. The highest BCUT2D eigenvalue weighted by Gasteiger charge is 2.30. The number of benzene rings is 2. The van der Waals surface area contributed by atoms with E-state index >= 15 is 0 Å². The number of nitrogens with zero attached hydrogens (tertiary/aromatic N) is 3. The predicted octanol–water partition coefficient (Wildman–Crippen LogP) is 3.16. The average molecular weight is 353 g/mol. The fourth-order valence-electron chi connectivity index (χ4n) is 3.04. The first kappa shape index (κ1) is 17.8. The molecule has 0 N–H and O–H groups in total. The highest BCUT2D eigenvalue weighted by molar-refractivity contribution is 6.19. The number of amides is 1. The first-order valence-corrected chi connectivity index (χ1v) is 8.35. The fraction of sp³-hybridized carbons (Fsp3) is 0.263. The van der Waals surface area contributed by atoms with Gasteiger partial charge in [-0.3, -0.25) is 24.8 Å². The number of nitro benzene ring substituents is 1. The fourth-order valence-corrected chi connectivity index (χ4v) is 3.04. The van der Waals surface area contributed by atoms with E-state index in [1.54, 1.807) is 13.0 Å². The Hall–Kier alpha value is -3.06. The number of benzodiazepines with no additional fused rings is 1. The van der Waals surface area contributed by atoms with Crippen LogP contribution >= 0.6 is 0 Å². The second kappa shape index (κ2) is 7.45. The zero-order chi connectivity index (χ0) is 18.7. The monoisotopic (exact) mass is 353 g/mol. The maximum absolute atomic E-state index is 12.7. The molecule has 0 fully saturated rings. The molecule has 0 radical (unpaired) electrons. The van der Waals surface area contributed by atoms with Gasteiger partial charge in [0.15, 0.2) is 0 Å². The maximum atomic E-state index is 12.7. The van der Waals surface area contributed by atoms with Gasteiger partial charge in [-0.05, 0) is 19.9 Å². The van der Waals surface area contributed by atoms with Crippen molar-refractivity contribution in [1.29, 1.82) is 0 Å². The number of carbonyl (C=O) groups excluding carboxylic acids is 1. The predicted molar refractivity (Wildman–Crippen MR) is 98.6 cm³/mol. The van der Waals surface area contributed by atoms with Gasteiger partial charge in [0.2, 0.25) is 0 Å². The summed E-state index contributed by atoms with van der Waals surface area (Å²) in [5.41, 5.74) is 2.41. The lowest BCUT2D eigenvalue weighted by molar-refractivity contribution is -0.384. The highest BCUT2D eigenvalue weighted by atomic mass is 16.6. The molecular weight excluding hydrogens is 334 g/mol. The van der Waals surface area contributed by atoms with Crippen molar-refractivity contribution in [2.75, 3.05) is 18.1 Å². The summed E-state index contributed by atoms with van der Waals surface area (Å²) >= 11 is 0. The lowest BCUT2D eigenvalue weighted by Gasteiger charge is -2.29. The van der Waals surface area contributed by atoms with Gasteiger partial charge in [-0.1, -0.05) is 30.3 Å². The van der Waals surface area contributed by atoms with Gasteiger partial charge in [-0.2, -0.15) is 0 Å². The molecule has 1 amide bonds. The first-order chi connectivity index (χ1) is 12.5. The van der Waals surface area contributed by atoms with Crippen molar-refractivity contribution < 1.29 is 14.5 Å². The van der Waals surface area contributed by atoms with Crippen LogP contribution in [0.1, 0.15) is 25.0 Å². The Labute approximate surface area is 151 Å². The van der Waals surface area contributed by atoms with Crippen LogP contribution in [0.15, 0.2) is 53.5 Å². The Morgan fingerprint density at radius 2 is 2.00 bits per heavy atom. The van der Waals surface area contributed by atoms with E-state index in [2.05, 4.69) is 4.99 Å². The molecule has 0 saturated heterocycles. The maximum Gasteiger partial charge on any atom is 0.270 e. The molecule has 7 heteroatoms. The van der Waals surface area contributed by atoms with Gasteiger partial charge in [-0.25, -0.2) is 0 Å². The minimum atomic E-state index is -0.502. The number of hydrogen-bond donors (Lipinski definition) is 0. The molecule has 7 nitrogen and oxygen atoms in total. The van der Waals surface area contributed by atoms with Crippen molar-refractivity contribution in [2.45, 2.75) is 20.1 Å². The molecule has 3 rings (SSSR count). The molecule has 1 atom stereocenters. The van der Waals surface area contributed by atoms with Crippen LogP contribution in [0.5, 0.6) is 0 Å². The Kier molecular flexibility index (Phi) is 5.09. The topological polar surface area (TPSA) is 85.0 Å². The molecule has 0 bridgehead atoms. The summed E-state index contributed by atoms with van der Waals surface area (Å²) in [5, 5.41) is 11.3. The lowest BCUT2D eigenvalue weighted by Crippen LogP contribution is -2.41. The zero-order valence-corrected chi connectivity index (χ0v) is 14.6. The van der Waals surface area contributed by atoms with Crippen molar-refractivity contribution in [2.24, 2.45) is 4.99 Å². The third kappa shape index (κ3) is 3.34. The van der Waals surface area contributed by atoms with E-state index in [1.165, 1.54) is 17.0 Å². The molecule has 1 aliphatic rings. The first-order valence-electron chi connectivity index (χ1n) is 8.35. The average Bonchev–Trinajstić information content (AvgIpc) is 2.78. The Balaban J connectivity index is 2.20. The van der Waals surface area contributed by atoms with E-state index < -0.39 is 11.2 Å². The third-order valence-electron chi connectivity index (χ3n) is 4.17. The molecule has 134 valence electrons. The molecule has 0 saturated carbocycles. The standard InChI is InChI=1S/C19H19N3O4/c1-3-26-13(2)21-17-10-9-15(22(24)25)11-16(17)19(20-12-18(21)23)14-7-5-4-6-8-14/h4-11,13H,3,12H2,1-2H3. The number of fused-ring (bicyclic) bond motifs is 1. The number of non-ortho nitro benzene ring substituents is 1. The molecule has 1 heterocycles. The van der Waals surface area contributed by atoms with Crippen LogP contribution in [0.3, 0.4) is 0 Å². The summed E-state index contributed by atoms with van der Waals surface area (Å²) in [6, 6.07) is 13.8. The number of carbonyl (C=O) groups is 1. The Morgan fingerprint density at radius 1 is 1.27 bits per heavy atom. The zero-order valence-electron chi connectivity index (χ0n) is 14.6. The van der Waals surface area contributed by atoms with Crippen LogP contribution in [-0.2, 0) is 9.53 Å². The van der Waals surface area contributed by atoms with E-state index in [0.29, 0.717) is 23.6 Å². The summed E-state index contributed by atoms with van der Waals surface area (Å²) in [7, 11) is 0. The largest absolute Gasteiger partial charge is 0.359 e. The molecule has 0 aromatic heterocycles. The molecule has 0 aliphatic carbocycles. The smallest absolute Gasteiger partial charge is 0.270 e. The second-order valence-electron chi connectivity index (χ2n) is 5.81. The van der Waals surface area contributed by atoms with Gasteiger partial charge in [0.1, 0.15) is 12.8 Å². The molecule has 0 spiro atoms. The van der Waals surface area contributed by atoms with Crippen LogP contribution in [0, 0.1) is 10.1 Å². The van der Waals surface area contributed by atoms with Gasteiger partial charge in [0, 0.05) is 29.9 Å². The number of rotatable bonds is 5. The Bertz CT molecular complexity index is 864. The van der Waals surface area contributed by atoms with Crippen LogP contribution in [-0.4, -0.2) is 35.9 Å². The van der Waals surface area contributed by atoms with Gasteiger partial charge in [0.25, 0.3) is 11.6 Å². The normalized spacial score (nSPS) is 15.1. The van der Waals surface area contributed by atoms with E-state index in [4.69, 9.17) is 4.74 Å². The summed E-state index contributed by atoms with van der Waals surface area (Å²) in [4.78, 5) is 29.5. The molecule has 2 aromatic carbocycles. The number of aliphatic imine (C=N–C) groups is 1. The summed E-state index contributed by atoms with van der Waals surface area (Å²) in [5.74, 6) is -0.216. The Morgan fingerprint density at radius 3 is 2.65 bits per heavy atom. The minimum Gasteiger partial charge on any atom is -0.359 e. The molecule has 1 unspecified atom stereocenters. The molecule has 2 aromatic rings. The van der Waals surface area contributed by atoms with Crippen LogP contribution in [0.2, 0.25) is 0 Å². The number of anilines is 1. The number of nitro groups is 1. The van der Waals surface area contributed by atoms with E-state index in [-0.39, 0.29) is 18.1 Å². The summed E-state index contributed by atoms with van der Waals surface area (Å²) in [6.45, 7) is 4.02. The quantitative estimate of drug-likeness (QED) is 0.610. The van der Waals surface area contributed by atoms with E-state index in [1.807, 2.05) is 37.3 Å². The van der Waals surface area contributed by atoms with Gasteiger partial charge >= 0.3 is 0 Å². The second-order valence-corrected chi connectivity index (χ2v) is 5.81. The highest BCUT2D eigenvalue weighted by Crippen LogP contribution is 2.31. The SMILES string of the molecule is CCOC(C)N1C(=O)CN=C(c2ccccc2)c2cc([N+](=O)[O-])ccc21. The molecular formula is C19H19N3O4. The number of hydrogen-bond acceptors (Lipinski definition) is 5. The van der Waals surface area contributed by atoms with Crippen LogP contribution in [0.4, 0.5) is 11.4 Å². The van der Waals surface area contributed by atoms with Gasteiger partial charge in [-0.15, -0.1) is 0 Å². The summed E-state index contributed by atoms with van der Waals surface area (Å²) in [6.07, 6.45) is -0.502. The van der Waals surface area contributed by atoms with Gasteiger partial charge in [0.05, 0.1) is 16.3 Å². The number of ether oxygens (including phenoxy) is 1. The van der Waals surface area contributed by atoms with Crippen molar-refractivity contribution in [3.05, 3.63) is 69.8 Å². The molecule has 1 aliphatic heterocycles. The van der Waals surface area contributed by atoms with E-state index in [9.17, 15) is 14.9 Å². The van der Waals surface area contributed by atoms with Crippen molar-refractivity contribution in [1.82, 2.24) is 0 Å². The van der Waals surface area contributed by atoms with Gasteiger partial charge < -0.3 is 4.74 Å². The van der Waals surface area contributed by atoms with Crippen LogP contribution < -0.4 is 4.90 Å². The molecule has 26 heavy (non-hydrogen) atoms. The minimum absolute atomic E-state index is 0.0502. The van der Waals surface area contributed by atoms with E-state index in [0.717, 1.165) is 5.56 Å². The van der Waals surface area contributed by atoms with Crippen molar-refractivity contribution in [3.63, 3.8) is 0 Å².